The summed E-state index contributed by atoms with van der Waals surface area (Å²) in [6.45, 7) is 1.81. The SMILES string of the molecule is CN(C)CCCN1C(=O)[C@@H]2Cc3nc[nH]c3CN2C1=O. The van der Waals surface area contributed by atoms with Gasteiger partial charge in [-0.25, -0.2) is 9.78 Å². The van der Waals surface area contributed by atoms with Crippen molar-refractivity contribution in [3.63, 3.8) is 0 Å². The second kappa shape index (κ2) is 4.90. The smallest absolute Gasteiger partial charge is 0.327 e. The second-order valence-electron chi connectivity index (χ2n) is 5.60. The quantitative estimate of drug-likeness (QED) is 0.789. The Kier molecular flexibility index (Phi) is 3.21. The lowest BCUT2D eigenvalue weighted by Gasteiger charge is -2.25. The molecule has 0 aliphatic carbocycles. The fourth-order valence-corrected chi connectivity index (χ4v) is 2.84. The van der Waals surface area contributed by atoms with Crippen LogP contribution in [0.15, 0.2) is 6.33 Å². The monoisotopic (exact) mass is 277 g/mol. The van der Waals surface area contributed by atoms with E-state index >= 15 is 0 Å². The lowest BCUT2D eigenvalue weighted by molar-refractivity contribution is -0.128. The molecule has 0 radical (unpaired) electrons. The van der Waals surface area contributed by atoms with E-state index in [4.69, 9.17) is 0 Å². The summed E-state index contributed by atoms with van der Waals surface area (Å²) in [7, 11) is 3.96. The van der Waals surface area contributed by atoms with E-state index in [1.165, 1.54) is 4.90 Å². The first kappa shape index (κ1) is 13.1. The molecule has 0 spiro atoms. The largest absolute Gasteiger partial charge is 0.347 e. The second-order valence-corrected chi connectivity index (χ2v) is 5.60. The summed E-state index contributed by atoms with van der Waals surface area (Å²) in [5.74, 6) is -0.0811. The third kappa shape index (κ3) is 2.07. The highest BCUT2D eigenvalue weighted by molar-refractivity contribution is 6.04. The molecule has 0 saturated carbocycles. The Hall–Kier alpha value is -1.89. The number of imidazole rings is 1. The fourth-order valence-electron chi connectivity index (χ4n) is 2.84. The van der Waals surface area contributed by atoms with Crippen LogP contribution in [-0.2, 0) is 17.8 Å². The number of hydrogen-bond acceptors (Lipinski definition) is 4. The molecule has 2 aliphatic heterocycles. The van der Waals surface area contributed by atoms with Gasteiger partial charge in [0.05, 0.1) is 24.3 Å². The van der Waals surface area contributed by atoms with Crippen LogP contribution in [0.25, 0.3) is 0 Å². The predicted octanol–water partition coefficient (Wildman–Crippen LogP) is 0.0503. The number of aromatic nitrogens is 2. The predicted molar refractivity (Wildman–Crippen MR) is 71.9 cm³/mol. The van der Waals surface area contributed by atoms with Crippen molar-refractivity contribution in [2.45, 2.75) is 25.4 Å². The number of carbonyl (C=O) groups excluding carboxylic acids is 2. The van der Waals surface area contributed by atoms with Crippen LogP contribution in [-0.4, -0.2) is 69.8 Å². The van der Waals surface area contributed by atoms with Gasteiger partial charge in [-0.05, 0) is 27.1 Å². The molecule has 3 heterocycles. The van der Waals surface area contributed by atoms with Gasteiger partial charge in [0, 0.05) is 13.0 Å². The van der Waals surface area contributed by atoms with Crippen molar-refractivity contribution in [3.8, 4) is 0 Å². The zero-order valence-electron chi connectivity index (χ0n) is 11.8. The normalized spacial score (nSPS) is 21.6. The molecule has 108 valence electrons. The van der Waals surface area contributed by atoms with Gasteiger partial charge in [-0.1, -0.05) is 0 Å². The minimum absolute atomic E-state index is 0.0811. The summed E-state index contributed by atoms with van der Waals surface area (Å²) < 4.78 is 0. The third-order valence-corrected chi connectivity index (χ3v) is 3.91. The average molecular weight is 277 g/mol. The fraction of sp³-hybridized carbons (Fsp3) is 0.615. The van der Waals surface area contributed by atoms with E-state index in [1.807, 2.05) is 19.0 Å². The summed E-state index contributed by atoms with van der Waals surface area (Å²) in [5, 5.41) is 0. The number of urea groups is 1. The van der Waals surface area contributed by atoms with Crippen molar-refractivity contribution in [1.29, 1.82) is 0 Å². The standard InChI is InChI=1S/C13H19N5O2/c1-16(2)4-3-5-17-12(19)11-6-9-10(15-8-14-9)7-18(11)13(17)20/h8,11H,3-7H2,1-2H3,(H,14,15)/t11-/m0/s1. The Balaban J connectivity index is 1.71. The van der Waals surface area contributed by atoms with Gasteiger partial charge < -0.3 is 14.8 Å². The summed E-state index contributed by atoms with van der Waals surface area (Å²) >= 11 is 0. The van der Waals surface area contributed by atoms with Crippen LogP contribution >= 0.6 is 0 Å². The molecular weight excluding hydrogens is 258 g/mol. The van der Waals surface area contributed by atoms with Gasteiger partial charge in [-0.3, -0.25) is 9.69 Å². The molecule has 2 aliphatic rings. The Labute approximate surface area is 117 Å². The van der Waals surface area contributed by atoms with Gasteiger partial charge in [0.25, 0.3) is 5.91 Å². The summed E-state index contributed by atoms with van der Waals surface area (Å²) in [4.78, 5) is 37.1. The van der Waals surface area contributed by atoms with Crippen LogP contribution in [0.2, 0.25) is 0 Å². The van der Waals surface area contributed by atoms with Crippen LogP contribution in [0.1, 0.15) is 17.8 Å². The Morgan fingerprint density at radius 2 is 2.25 bits per heavy atom. The van der Waals surface area contributed by atoms with Gasteiger partial charge in [0.1, 0.15) is 6.04 Å². The highest BCUT2D eigenvalue weighted by Gasteiger charge is 2.47. The number of carbonyl (C=O) groups is 2. The first-order chi connectivity index (χ1) is 9.58. The number of amides is 3. The molecule has 1 aromatic heterocycles. The lowest BCUT2D eigenvalue weighted by atomic mass is 10.0. The van der Waals surface area contributed by atoms with Crippen LogP contribution in [0.4, 0.5) is 4.79 Å². The van der Waals surface area contributed by atoms with E-state index in [2.05, 4.69) is 9.97 Å². The van der Waals surface area contributed by atoms with Gasteiger partial charge in [-0.15, -0.1) is 0 Å². The van der Waals surface area contributed by atoms with Gasteiger partial charge in [0.2, 0.25) is 0 Å². The van der Waals surface area contributed by atoms with E-state index in [0.29, 0.717) is 19.5 Å². The van der Waals surface area contributed by atoms with Gasteiger partial charge in [-0.2, -0.15) is 0 Å². The Bertz CT molecular complexity index is 500. The summed E-state index contributed by atoms with van der Waals surface area (Å²) in [6, 6.07) is -0.531. The Morgan fingerprint density at radius 1 is 1.45 bits per heavy atom. The molecule has 1 saturated heterocycles. The summed E-state index contributed by atoms with van der Waals surface area (Å²) in [6.07, 6.45) is 2.94. The molecule has 3 rings (SSSR count). The van der Waals surface area contributed by atoms with Crippen LogP contribution in [0, 0.1) is 0 Å². The maximum absolute atomic E-state index is 12.4. The molecule has 1 N–H and O–H groups in total. The van der Waals surface area contributed by atoms with E-state index in [0.717, 1.165) is 24.4 Å². The van der Waals surface area contributed by atoms with E-state index < -0.39 is 0 Å². The lowest BCUT2D eigenvalue weighted by Crippen LogP contribution is -2.40. The number of nitrogens with zero attached hydrogens (tertiary/aromatic N) is 4. The van der Waals surface area contributed by atoms with Crippen molar-refractivity contribution in [1.82, 2.24) is 24.7 Å². The van der Waals surface area contributed by atoms with Gasteiger partial charge >= 0.3 is 6.03 Å². The minimum atomic E-state index is -0.363. The number of hydrogen-bond donors (Lipinski definition) is 1. The van der Waals surface area contributed by atoms with Crippen LogP contribution < -0.4 is 0 Å². The topological polar surface area (TPSA) is 72.5 Å². The molecule has 0 aromatic carbocycles. The number of aromatic amines is 1. The van der Waals surface area contributed by atoms with Crippen molar-refractivity contribution in [2.24, 2.45) is 0 Å². The highest BCUT2D eigenvalue weighted by atomic mass is 16.2. The van der Waals surface area contributed by atoms with Crippen LogP contribution in [0.3, 0.4) is 0 Å². The maximum atomic E-state index is 12.4. The van der Waals surface area contributed by atoms with Crippen molar-refractivity contribution >= 4 is 11.9 Å². The van der Waals surface area contributed by atoms with Crippen LogP contribution in [0.5, 0.6) is 0 Å². The molecule has 0 unspecified atom stereocenters. The molecule has 7 nitrogen and oxygen atoms in total. The Morgan fingerprint density at radius 3 is 3.00 bits per heavy atom. The number of rotatable bonds is 4. The molecule has 0 bridgehead atoms. The van der Waals surface area contributed by atoms with Crippen molar-refractivity contribution < 1.29 is 9.59 Å². The number of fused-ring (bicyclic) bond motifs is 2. The summed E-state index contributed by atoms with van der Waals surface area (Å²) in [5.41, 5.74) is 1.85. The van der Waals surface area contributed by atoms with Crippen molar-refractivity contribution in [2.75, 3.05) is 27.2 Å². The molecular formula is C13H19N5O2. The molecule has 20 heavy (non-hydrogen) atoms. The zero-order valence-corrected chi connectivity index (χ0v) is 11.8. The molecule has 3 amide bonds. The number of imide groups is 1. The van der Waals surface area contributed by atoms with Crippen molar-refractivity contribution in [3.05, 3.63) is 17.7 Å². The van der Waals surface area contributed by atoms with E-state index in [9.17, 15) is 9.59 Å². The van der Waals surface area contributed by atoms with E-state index in [-0.39, 0.29) is 18.0 Å². The average Bonchev–Trinajstić information content (AvgIpc) is 2.95. The minimum Gasteiger partial charge on any atom is -0.347 e. The molecule has 1 fully saturated rings. The molecule has 7 heteroatoms. The maximum Gasteiger partial charge on any atom is 0.327 e. The third-order valence-electron chi connectivity index (χ3n) is 3.91. The number of nitrogens with one attached hydrogen (secondary N) is 1. The molecule has 1 aromatic rings. The number of H-pyrrole nitrogens is 1. The highest BCUT2D eigenvalue weighted by Crippen LogP contribution is 2.28. The zero-order chi connectivity index (χ0) is 14.3. The first-order valence-electron chi connectivity index (χ1n) is 6.85. The van der Waals surface area contributed by atoms with Gasteiger partial charge in [0.15, 0.2) is 0 Å². The van der Waals surface area contributed by atoms with E-state index in [1.54, 1.807) is 11.2 Å². The first-order valence-corrected chi connectivity index (χ1v) is 6.85. The molecule has 1 atom stereocenters.